The first-order valence-corrected chi connectivity index (χ1v) is 8.96. The Morgan fingerprint density at radius 3 is 2.54 bits per heavy atom. The summed E-state index contributed by atoms with van der Waals surface area (Å²) in [6.07, 6.45) is 1.74. The normalized spacial score (nSPS) is 14.8. The van der Waals surface area contributed by atoms with Gasteiger partial charge in [0.2, 0.25) is 0 Å². The summed E-state index contributed by atoms with van der Waals surface area (Å²) < 4.78 is 5.69. The zero-order chi connectivity index (χ0) is 18.5. The average molecular weight is 352 g/mol. The van der Waals surface area contributed by atoms with E-state index in [0.29, 0.717) is 11.3 Å². The lowest BCUT2D eigenvalue weighted by Gasteiger charge is -2.19. The van der Waals surface area contributed by atoms with Gasteiger partial charge in [-0.3, -0.25) is 9.59 Å². The first kappa shape index (κ1) is 18.0. The highest BCUT2D eigenvalue weighted by molar-refractivity contribution is 5.95. The summed E-state index contributed by atoms with van der Waals surface area (Å²) in [6, 6.07) is 14.7. The number of Topliss-reactive ketones (excluding diaryl/α,β-unsaturated/α-hetero) is 1. The first-order valence-electron chi connectivity index (χ1n) is 8.96. The van der Waals surface area contributed by atoms with Crippen molar-refractivity contribution in [3.05, 3.63) is 54.1 Å². The number of rotatable bonds is 6. The SMILES string of the molecule is CC(=O)c1cccc(OC(C)C(=O)Nc2cccc(N3CCCC3)c2)c1. The van der Waals surface area contributed by atoms with Gasteiger partial charge in [0.25, 0.3) is 5.91 Å². The maximum atomic E-state index is 12.5. The van der Waals surface area contributed by atoms with Gasteiger partial charge in [-0.05, 0) is 57.0 Å². The van der Waals surface area contributed by atoms with Gasteiger partial charge in [0.1, 0.15) is 5.75 Å². The Kier molecular flexibility index (Phi) is 5.56. The number of carbonyl (C=O) groups is 2. The number of nitrogens with one attached hydrogen (secondary N) is 1. The van der Waals surface area contributed by atoms with Gasteiger partial charge in [-0.15, -0.1) is 0 Å². The van der Waals surface area contributed by atoms with Crippen LogP contribution in [0.25, 0.3) is 0 Å². The second kappa shape index (κ2) is 8.04. The second-order valence-corrected chi connectivity index (χ2v) is 6.58. The molecular formula is C21H24N2O3. The fraction of sp³-hybridized carbons (Fsp3) is 0.333. The lowest BCUT2D eigenvalue weighted by molar-refractivity contribution is -0.122. The third kappa shape index (κ3) is 4.42. The summed E-state index contributed by atoms with van der Waals surface area (Å²) in [4.78, 5) is 26.2. The van der Waals surface area contributed by atoms with Crippen LogP contribution in [0.3, 0.4) is 0 Å². The van der Waals surface area contributed by atoms with Crippen LogP contribution in [-0.4, -0.2) is 30.9 Å². The Balaban J connectivity index is 1.63. The molecule has 2 aromatic carbocycles. The molecule has 0 aromatic heterocycles. The van der Waals surface area contributed by atoms with E-state index < -0.39 is 6.10 Å². The fourth-order valence-corrected chi connectivity index (χ4v) is 3.05. The smallest absolute Gasteiger partial charge is 0.265 e. The van der Waals surface area contributed by atoms with Gasteiger partial charge in [0, 0.05) is 30.0 Å². The summed E-state index contributed by atoms with van der Waals surface area (Å²) in [7, 11) is 0. The molecule has 1 heterocycles. The Bertz CT molecular complexity index is 797. The van der Waals surface area contributed by atoms with E-state index in [9.17, 15) is 9.59 Å². The molecule has 1 saturated heterocycles. The molecule has 0 spiro atoms. The molecule has 1 amide bonds. The molecule has 1 atom stereocenters. The molecule has 1 unspecified atom stereocenters. The van der Waals surface area contributed by atoms with Gasteiger partial charge in [-0.2, -0.15) is 0 Å². The van der Waals surface area contributed by atoms with Crippen molar-refractivity contribution >= 4 is 23.1 Å². The van der Waals surface area contributed by atoms with Crippen molar-refractivity contribution in [2.24, 2.45) is 0 Å². The van der Waals surface area contributed by atoms with E-state index in [4.69, 9.17) is 4.74 Å². The Morgan fingerprint density at radius 2 is 1.81 bits per heavy atom. The number of nitrogens with zero attached hydrogens (tertiary/aromatic N) is 1. The molecule has 5 nitrogen and oxygen atoms in total. The Labute approximate surface area is 154 Å². The van der Waals surface area contributed by atoms with Gasteiger partial charge in [-0.1, -0.05) is 18.2 Å². The van der Waals surface area contributed by atoms with Crippen molar-refractivity contribution in [2.75, 3.05) is 23.3 Å². The molecule has 0 bridgehead atoms. The van der Waals surface area contributed by atoms with Gasteiger partial charge >= 0.3 is 0 Å². The minimum Gasteiger partial charge on any atom is -0.481 e. The molecule has 2 aromatic rings. The van der Waals surface area contributed by atoms with E-state index in [0.717, 1.165) is 24.5 Å². The van der Waals surface area contributed by atoms with Gasteiger partial charge in [0.05, 0.1) is 0 Å². The van der Waals surface area contributed by atoms with E-state index >= 15 is 0 Å². The molecular weight excluding hydrogens is 328 g/mol. The van der Waals surface area contributed by atoms with Gasteiger partial charge in [0.15, 0.2) is 11.9 Å². The largest absolute Gasteiger partial charge is 0.481 e. The molecule has 1 fully saturated rings. The van der Waals surface area contributed by atoms with Crippen molar-refractivity contribution in [3.63, 3.8) is 0 Å². The number of hydrogen-bond donors (Lipinski definition) is 1. The average Bonchev–Trinajstić information content (AvgIpc) is 3.17. The number of benzene rings is 2. The van der Waals surface area contributed by atoms with Gasteiger partial charge in [-0.25, -0.2) is 0 Å². The second-order valence-electron chi connectivity index (χ2n) is 6.58. The highest BCUT2D eigenvalue weighted by Crippen LogP contribution is 2.23. The van der Waals surface area contributed by atoms with Crippen molar-refractivity contribution < 1.29 is 14.3 Å². The van der Waals surface area contributed by atoms with E-state index in [1.165, 1.54) is 19.8 Å². The Hall–Kier alpha value is -2.82. The quantitative estimate of drug-likeness (QED) is 0.801. The highest BCUT2D eigenvalue weighted by Gasteiger charge is 2.17. The van der Waals surface area contributed by atoms with Crippen LogP contribution >= 0.6 is 0 Å². The minimum absolute atomic E-state index is 0.0358. The zero-order valence-corrected chi connectivity index (χ0v) is 15.2. The lowest BCUT2D eigenvalue weighted by atomic mass is 10.1. The van der Waals surface area contributed by atoms with Crippen LogP contribution in [0.15, 0.2) is 48.5 Å². The lowest BCUT2D eigenvalue weighted by Crippen LogP contribution is -2.30. The number of amides is 1. The monoisotopic (exact) mass is 352 g/mol. The molecule has 5 heteroatoms. The number of ketones is 1. The molecule has 1 aliphatic heterocycles. The molecule has 0 saturated carbocycles. The van der Waals surface area contributed by atoms with Crippen LogP contribution in [0.1, 0.15) is 37.0 Å². The molecule has 26 heavy (non-hydrogen) atoms. The van der Waals surface area contributed by atoms with E-state index in [-0.39, 0.29) is 11.7 Å². The van der Waals surface area contributed by atoms with Crippen LogP contribution in [-0.2, 0) is 4.79 Å². The fourth-order valence-electron chi connectivity index (χ4n) is 3.05. The molecule has 0 radical (unpaired) electrons. The summed E-state index contributed by atoms with van der Waals surface area (Å²) >= 11 is 0. The van der Waals surface area contributed by atoms with E-state index in [1.807, 2.05) is 18.2 Å². The third-order valence-electron chi connectivity index (χ3n) is 4.51. The highest BCUT2D eigenvalue weighted by atomic mass is 16.5. The van der Waals surface area contributed by atoms with Crippen LogP contribution in [0.5, 0.6) is 5.75 Å². The van der Waals surface area contributed by atoms with Crippen molar-refractivity contribution in [2.45, 2.75) is 32.8 Å². The van der Waals surface area contributed by atoms with Crippen LogP contribution < -0.4 is 15.0 Å². The van der Waals surface area contributed by atoms with Crippen molar-refractivity contribution in [3.8, 4) is 5.75 Å². The molecule has 136 valence electrons. The predicted molar refractivity (Wildman–Crippen MR) is 103 cm³/mol. The summed E-state index contributed by atoms with van der Waals surface area (Å²) in [6.45, 7) is 5.31. The number of hydrogen-bond acceptors (Lipinski definition) is 4. The van der Waals surface area contributed by atoms with E-state index in [1.54, 1.807) is 31.2 Å². The van der Waals surface area contributed by atoms with Crippen LogP contribution in [0, 0.1) is 0 Å². The maximum Gasteiger partial charge on any atom is 0.265 e. The first-order chi connectivity index (χ1) is 12.5. The third-order valence-corrected chi connectivity index (χ3v) is 4.51. The summed E-state index contributed by atoms with van der Waals surface area (Å²) in [5, 5.41) is 2.91. The summed E-state index contributed by atoms with van der Waals surface area (Å²) in [5.74, 6) is 0.245. The molecule has 1 aliphatic rings. The minimum atomic E-state index is -0.673. The van der Waals surface area contributed by atoms with E-state index in [2.05, 4.69) is 16.3 Å². The van der Waals surface area contributed by atoms with Gasteiger partial charge < -0.3 is 15.0 Å². The standard InChI is InChI=1S/C21H24N2O3/c1-15(24)17-7-5-10-20(13-17)26-16(2)21(25)22-18-8-6-9-19(14-18)23-11-3-4-12-23/h5-10,13-14,16H,3-4,11-12H2,1-2H3,(H,22,25). The van der Waals surface area contributed by atoms with Crippen molar-refractivity contribution in [1.82, 2.24) is 0 Å². The number of anilines is 2. The topological polar surface area (TPSA) is 58.6 Å². The summed E-state index contributed by atoms with van der Waals surface area (Å²) in [5.41, 5.74) is 2.45. The predicted octanol–water partition coefficient (Wildman–Crippen LogP) is 3.90. The number of carbonyl (C=O) groups excluding carboxylic acids is 2. The van der Waals surface area contributed by atoms with Crippen molar-refractivity contribution in [1.29, 1.82) is 0 Å². The number of ether oxygens (including phenoxy) is 1. The molecule has 0 aliphatic carbocycles. The Morgan fingerprint density at radius 1 is 1.08 bits per heavy atom. The zero-order valence-electron chi connectivity index (χ0n) is 15.2. The maximum absolute atomic E-state index is 12.5. The van der Waals surface area contributed by atoms with Crippen LogP contribution in [0.4, 0.5) is 11.4 Å². The van der Waals surface area contributed by atoms with Crippen LogP contribution in [0.2, 0.25) is 0 Å². The molecule has 1 N–H and O–H groups in total. The molecule has 3 rings (SSSR count).